The Morgan fingerprint density at radius 1 is 1.40 bits per heavy atom. The molecule has 4 nitrogen and oxygen atoms in total. The van der Waals surface area contributed by atoms with Gasteiger partial charge in [-0.3, -0.25) is 0 Å². The van der Waals surface area contributed by atoms with Crippen LogP contribution in [0.3, 0.4) is 0 Å². The van der Waals surface area contributed by atoms with E-state index >= 15 is 0 Å². The van der Waals surface area contributed by atoms with Gasteiger partial charge in [-0.1, -0.05) is 0 Å². The first-order valence-electron chi connectivity index (χ1n) is 2.96. The van der Waals surface area contributed by atoms with Crippen LogP contribution in [0.5, 0.6) is 0 Å². The molecule has 0 fully saturated rings. The van der Waals surface area contributed by atoms with Gasteiger partial charge in [0.15, 0.2) is 0 Å². The lowest BCUT2D eigenvalue weighted by Gasteiger charge is -2.06. The van der Waals surface area contributed by atoms with Crippen LogP contribution >= 0.6 is 18.7 Å². The average molecular weight is 185 g/mol. The number of rotatable bonds is 5. The minimum absolute atomic E-state index is 0.349. The molecular weight excluding hydrogens is 173 g/mol. The summed E-state index contributed by atoms with van der Waals surface area (Å²) in [6.45, 7) is 4.17. The number of hydrogen-bond donors (Lipinski definition) is 1. The van der Waals surface area contributed by atoms with Crippen molar-refractivity contribution >= 4 is 18.7 Å². The maximum Gasteiger partial charge on any atom is 0.537 e. The van der Waals surface area contributed by atoms with Crippen molar-refractivity contribution in [2.45, 2.75) is 13.8 Å². The van der Waals surface area contributed by atoms with E-state index in [1.54, 1.807) is 13.8 Å². The summed E-state index contributed by atoms with van der Waals surface area (Å²) in [5, 5.41) is 5.08. The van der Waals surface area contributed by atoms with E-state index in [4.69, 9.17) is 14.2 Å². The molecule has 0 bridgehead atoms. The van der Waals surface area contributed by atoms with E-state index in [1.165, 1.54) is 0 Å². The monoisotopic (exact) mass is 185 g/mol. The van der Waals surface area contributed by atoms with Gasteiger partial charge in [-0.15, -0.1) is 0 Å². The molecule has 0 aliphatic heterocycles. The Morgan fingerprint density at radius 3 is 2.00 bits per heavy atom. The molecule has 0 unspecified atom stereocenters. The lowest BCUT2D eigenvalue weighted by molar-refractivity contribution is 0.185. The van der Waals surface area contributed by atoms with E-state index in [1.807, 2.05) is 0 Å². The van der Waals surface area contributed by atoms with Gasteiger partial charge in [-0.05, 0) is 13.8 Å². The lowest BCUT2D eigenvalue weighted by atomic mass is 10.9. The molecule has 0 saturated carbocycles. The first-order valence-corrected chi connectivity index (χ1v) is 5.99. The second-order valence-electron chi connectivity index (χ2n) is 1.39. The standard InChI is InChI=1S/C4H12NO3PS/c1-3-7-9(6,10-5)8-4-2/h3-5H2,1-2H3/q+1. The molecule has 0 aromatic rings. The van der Waals surface area contributed by atoms with E-state index < -0.39 is 7.15 Å². The van der Waals surface area contributed by atoms with Crippen molar-refractivity contribution in [2.24, 2.45) is 5.14 Å². The third kappa shape index (κ3) is 3.71. The van der Waals surface area contributed by atoms with Gasteiger partial charge in [0, 0.05) is 4.89 Å². The van der Waals surface area contributed by atoms with Crippen LogP contribution < -0.4 is 5.14 Å². The van der Waals surface area contributed by atoms with Gasteiger partial charge >= 0.3 is 7.15 Å². The van der Waals surface area contributed by atoms with Gasteiger partial charge in [0.05, 0.1) is 13.2 Å². The zero-order chi connectivity index (χ0) is 8.04. The van der Waals surface area contributed by atoms with Gasteiger partial charge in [-0.25, -0.2) is 5.14 Å². The number of hydrogen-bond acceptors (Lipinski definition) is 4. The smallest absolute Gasteiger partial charge is 0.237 e. The molecule has 1 radical (unpaired) electrons. The van der Waals surface area contributed by atoms with E-state index in [0.717, 1.165) is 0 Å². The fourth-order valence-corrected chi connectivity index (χ4v) is 2.24. The molecule has 0 spiro atoms. The molecule has 6 heteroatoms. The van der Waals surface area contributed by atoms with E-state index in [9.17, 15) is 4.89 Å². The summed E-state index contributed by atoms with van der Waals surface area (Å²) in [5.74, 6) is 0. The highest BCUT2D eigenvalue weighted by Crippen LogP contribution is 2.66. The maximum atomic E-state index is 11.2. The van der Waals surface area contributed by atoms with Crippen LogP contribution in [0.15, 0.2) is 0 Å². The van der Waals surface area contributed by atoms with Gasteiger partial charge in [0.2, 0.25) is 11.6 Å². The molecule has 0 aliphatic rings. The topological polar surface area (TPSA) is 64.4 Å². The first kappa shape index (κ1) is 10.6. The minimum atomic E-state index is -3.01. The molecule has 10 heavy (non-hydrogen) atoms. The van der Waals surface area contributed by atoms with Crippen molar-refractivity contribution in [2.75, 3.05) is 13.2 Å². The van der Waals surface area contributed by atoms with Crippen LogP contribution in [0.1, 0.15) is 13.8 Å². The van der Waals surface area contributed by atoms with Gasteiger partial charge in [-0.2, -0.15) is 9.05 Å². The third-order valence-electron chi connectivity index (χ3n) is 0.704. The van der Waals surface area contributed by atoms with Crippen LogP contribution in [0.2, 0.25) is 0 Å². The predicted octanol–water partition coefficient (Wildman–Crippen LogP) is 1.77. The highest BCUT2D eigenvalue weighted by molar-refractivity contribution is 8.56. The summed E-state index contributed by atoms with van der Waals surface area (Å²) < 4.78 is 9.58. The summed E-state index contributed by atoms with van der Waals surface area (Å²) in [7, 11) is -3.01. The SMILES string of the molecule is CCO[P+]([O])(OCC)SN. The molecular formula is C4H12NO3PS+. The summed E-state index contributed by atoms with van der Waals surface area (Å²) in [5.41, 5.74) is 0. The molecule has 2 N–H and O–H groups in total. The second kappa shape index (κ2) is 5.29. The van der Waals surface area contributed by atoms with Crippen LogP contribution in [-0.2, 0) is 13.9 Å². The molecule has 0 atom stereocenters. The van der Waals surface area contributed by atoms with Gasteiger partial charge < -0.3 is 0 Å². The van der Waals surface area contributed by atoms with E-state index in [2.05, 4.69) is 0 Å². The Morgan fingerprint density at radius 2 is 1.80 bits per heavy atom. The quantitative estimate of drug-likeness (QED) is 0.523. The fraction of sp³-hybridized carbons (Fsp3) is 1.00. The second-order valence-corrected chi connectivity index (χ2v) is 4.98. The maximum absolute atomic E-state index is 11.2. The van der Waals surface area contributed by atoms with Crippen molar-refractivity contribution in [1.29, 1.82) is 0 Å². The van der Waals surface area contributed by atoms with Crippen molar-refractivity contribution < 1.29 is 13.9 Å². The summed E-state index contributed by atoms with van der Waals surface area (Å²) in [6, 6.07) is 0. The molecule has 0 amide bonds. The molecule has 0 rings (SSSR count). The summed E-state index contributed by atoms with van der Waals surface area (Å²) >= 11 is 0.632. The highest BCUT2D eigenvalue weighted by Gasteiger charge is 2.45. The number of nitrogens with two attached hydrogens (primary N) is 1. The van der Waals surface area contributed by atoms with Crippen LogP contribution in [-0.4, -0.2) is 13.2 Å². The molecule has 0 aromatic carbocycles. The van der Waals surface area contributed by atoms with Crippen LogP contribution in [0, 0.1) is 0 Å². The largest absolute Gasteiger partial charge is 0.537 e. The zero-order valence-electron chi connectivity index (χ0n) is 6.07. The summed E-state index contributed by atoms with van der Waals surface area (Å²) in [6.07, 6.45) is 0. The Bertz CT molecular complexity index is 88.6. The molecule has 0 saturated heterocycles. The Kier molecular flexibility index (Phi) is 5.62. The minimum Gasteiger partial charge on any atom is -0.237 e. The Balaban J connectivity index is 3.69. The zero-order valence-corrected chi connectivity index (χ0v) is 7.78. The Labute approximate surface area is 65.5 Å². The lowest BCUT2D eigenvalue weighted by Crippen LogP contribution is -1.99. The molecule has 61 valence electrons. The van der Waals surface area contributed by atoms with Gasteiger partial charge in [0.25, 0.3) is 0 Å². The summed E-state index contributed by atoms with van der Waals surface area (Å²) in [4.78, 5) is 11.2. The van der Waals surface area contributed by atoms with Crippen molar-refractivity contribution in [1.82, 2.24) is 0 Å². The highest BCUT2D eigenvalue weighted by atomic mass is 32.7. The first-order chi connectivity index (χ1) is 4.68. The fourth-order valence-electron chi connectivity index (χ4n) is 0.414. The molecule has 0 aliphatic carbocycles. The van der Waals surface area contributed by atoms with Gasteiger partial charge in [0.1, 0.15) is 0 Å². The van der Waals surface area contributed by atoms with Crippen molar-refractivity contribution in [3.8, 4) is 0 Å². The van der Waals surface area contributed by atoms with Crippen molar-refractivity contribution in [3.05, 3.63) is 0 Å². The molecule has 0 aromatic heterocycles. The van der Waals surface area contributed by atoms with Crippen molar-refractivity contribution in [3.63, 3.8) is 0 Å². The van der Waals surface area contributed by atoms with Crippen LogP contribution in [0.4, 0.5) is 0 Å². The third-order valence-corrected chi connectivity index (χ3v) is 3.52. The van der Waals surface area contributed by atoms with E-state index in [0.29, 0.717) is 24.8 Å². The van der Waals surface area contributed by atoms with E-state index in [-0.39, 0.29) is 0 Å². The van der Waals surface area contributed by atoms with Crippen LogP contribution in [0.25, 0.3) is 0 Å². The predicted molar refractivity (Wildman–Crippen MR) is 42.6 cm³/mol. The average Bonchev–Trinajstić information content (AvgIpc) is 1.89. The molecule has 0 heterocycles. The Hall–Kier alpha value is 0.620. The normalized spacial score (nSPS) is 12.0.